The summed E-state index contributed by atoms with van der Waals surface area (Å²) in [7, 11) is -4.11. The largest absolute Gasteiger partial charge is 0.377 e. The lowest BCUT2D eigenvalue weighted by Gasteiger charge is -2.10. The molecule has 2 N–H and O–H groups in total. The minimum Gasteiger partial charge on any atom is -0.377 e. The Morgan fingerprint density at radius 1 is 0.906 bits per heavy atom. The standard InChI is InChI=1S/C23H22F2N2O4S/c1-2-31-15-17-5-3-16(4-6-17)14-26-23(28)18-7-9-19(10-8-18)27-32(29,30)20-11-12-21(24)22(25)13-20/h3-13,27H,2,14-15H2,1H3,(H,26,28). The zero-order valence-corrected chi connectivity index (χ0v) is 18.1. The molecule has 0 aliphatic rings. The van der Waals surface area contributed by atoms with Crippen molar-refractivity contribution in [2.45, 2.75) is 25.0 Å². The van der Waals surface area contributed by atoms with Crippen LogP contribution in [-0.2, 0) is 27.9 Å². The van der Waals surface area contributed by atoms with Gasteiger partial charge in [-0.2, -0.15) is 0 Å². The number of anilines is 1. The van der Waals surface area contributed by atoms with Gasteiger partial charge in [0.1, 0.15) is 0 Å². The Morgan fingerprint density at radius 2 is 1.56 bits per heavy atom. The van der Waals surface area contributed by atoms with Crippen LogP contribution in [0.1, 0.15) is 28.4 Å². The molecule has 0 radical (unpaired) electrons. The second-order valence-electron chi connectivity index (χ2n) is 6.90. The fourth-order valence-corrected chi connectivity index (χ4v) is 3.88. The summed E-state index contributed by atoms with van der Waals surface area (Å²) in [5.41, 5.74) is 2.49. The molecule has 0 saturated heterocycles. The molecule has 9 heteroatoms. The Labute approximate surface area is 185 Å². The molecule has 3 aromatic carbocycles. The van der Waals surface area contributed by atoms with Crippen molar-refractivity contribution in [3.05, 3.63) is 95.1 Å². The third kappa shape index (κ3) is 6.12. The molecule has 0 saturated carbocycles. The van der Waals surface area contributed by atoms with Crippen LogP contribution in [0.4, 0.5) is 14.5 Å². The van der Waals surface area contributed by atoms with Crippen LogP contribution in [0.5, 0.6) is 0 Å². The van der Waals surface area contributed by atoms with E-state index in [0.29, 0.717) is 31.4 Å². The number of benzene rings is 3. The van der Waals surface area contributed by atoms with Gasteiger partial charge in [-0.3, -0.25) is 9.52 Å². The van der Waals surface area contributed by atoms with E-state index < -0.39 is 26.6 Å². The van der Waals surface area contributed by atoms with Gasteiger partial charge in [0.05, 0.1) is 11.5 Å². The summed E-state index contributed by atoms with van der Waals surface area (Å²) in [6.07, 6.45) is 0. The maximum absolute atomic E-state index is 13.3. The number of halogens is 2. The summed E-state index contributed by atoms with van der Waals surface area (Å²) in [6.45, 7) is 3.44. The topological polar surface area (TPSA) is 84.5 Å². The molecule has 0 aliphatic carbocycles. The van der Waals surface area contributed by atoms with Gasteiger partial charge in [-0.1, -0.05) is 24.3 Å². The number of hydrogen-bond donors (Lipinski definition) is 2. The lowest BCUT2D eigenvalue weighted by Crippen LogP contribution is -2.22. The zero-order valence-electron chi connectivity index (χ0n) is 17.3. The van der Waals surface area contributed by atoms with Crippen molar-refractivity contribution in [1.82, 2.24) is 5.32 Å². The van der Waals surface area contributed by atoms with Crippen LogP contribution in [0.15, 0.2) is 71.6 Å². The number of carbonyl (C=O) groups excluding carboxylic acids is 1. The van der Waals surface area contributed by atoms with Gasteiger partial charge in [0, 0.05) is 24.4 Å². The molecular weight excluding hydrogens is 438 g/mol. The summed E-state index contributed by atoms with van der Waals surface area (Å²) in [5.74, 6) is -2.72. The molecule has 1 amide bonds. The van der Waals surface area contributed by atoms with Crippen LogP contribution in [0.3, 0.4) is 0 Å². The molecule has 168 valence electrons. The summed E-state index contributed by atoms with van der Waals surface area (Å²) in [6, 6.07) is 15.7. The molecule has 0 bridgehead atoms. The first-order valence-corrected chi connectivity index (χ1v) is 11.3. The monoisotopic (exact) mass is 460 g/mol. The Bertz CT molecular complexity index is 1180. The molecule has 0 aliphatic heterocycles. The van der Waals surface area contributed by atoms with Gasteiger partial charge in [0.2, 0.25) is 0 Å². The van der Waals surface area contributed by atoms with E-state index in [-0.39, 0.29) is 11.6 Å². The van der Waals surface area contributed by atoms with Crippen LogP contribution in [0.2, 0.25) is 0 Å². The highest BCUT2D eigenvalue weighted by Gasteiger charge is 2.17. The van der Waals surface area contributed by atoms with Crippen LogP contribution in [0.25, 0.3) is 0 Å². The number of ether oxygens (including phenoxy) is 1. The molecule has 6 nitrogen and oxygen atoms in total. The highest BCUT2D eigenvalue weighted by atomic mass is 32.2. The van der Waals surface area contributed by atoms with Gasteiger partial charge in [0.15, 0.2) is 11.6 Å². The molecule has 3 aromatic rings. The third-order valence-electron chi connectivity index (χ3n) is 4.55. The lowest BCUT2D eigenvalue weighted by molar-refractivity contribution is 0.0951. The van der Waals surface area contributed by atoms with Gasteiger partial charge in [-0.15, -0.1) is 0 Å². The first kappa shape index (κ1) is 23.4. The smallest absolute Gasteiger partial charge is 0.261 e. The molecule has 0 unspecified atom stereocenters. The van der Waals surface area contributed by atoms with Crippen molar-refractivity contribution < 1.29 is 26.7 Å². The van der Waals surface area contributed by atoms with E-state index in [2.05, 4.69) is 10.0 Å². The number of sulfonamides is 1. The van der Waals surface area contributed by atoms with E-state index >= 15 is 0 Å². The predicted octanol–water partition coefficient (Wildman–Crippen LogP) is 4.23. The lowest BCUT2D eigenvalue weighted by atomic mass is 10.1. The van der Waals surface area contributed by atoms with Gasteiger partial charge in [-0.05, 0) is 60.5 Å². The summed E-state index contributed by atoms with van der Waals surface area (Å²) < 4.78 is 58.7. The van der Waals surface area contributed by atoms with Crippen LogP contribution < -0.4 is 10.0 Å². The normalized spacial score (nSPS) is 11.2. The molecule has 0 spiro atoms. The highest BCUT2D eigenvalue weighted by molar-refractivity contribution is 7.92. The van der Waals surface area contributed by atoms with E-state index in [1.165, 1.54) is 24.3 Å². The van der Waals surface area contributed by atoms with E-state index in [1.54, 1.807) is 0 Å². The number of amides is 1. The van der Waals surface area contributed by atoms with Gasteiger partial charge >= 0.3 is 0 Å². The second kappa shape index (κ2) is 10.3. The molecular formula is C23H22F2N2O4S. The average Bonchev–Trinajstić information content (AvgIpc) is 2.78. The van der Waals surface area contributed by atoms with Crippen molar-refractivity contribution in [2.75, 3.05) is 11.3 Å². The van der Waals surface area contributed by atoms with Crippen molar-refractivity contribution in [3.63, 3.8) is 0 Å². The number of carbonyl (C=O) groups is 1. The first-order valence-electron chi connectivity index (χ1n) is 9.80. The Hall–Kier alpha value is -3.30. The number of nitrogens with one attached hydrogen (secondary N) is 2. The van der Waals surface area contributed by atoms with E-state index in [1.807, 2.05) is 31.2 Å². The molecule has 0 heterocycles. The van der Waals surface area contributed by atoms with Crippen molar-refractivity contribution in [3.8, 4) is 0 Å². The maximum Gasteiger partial charge on any atom is 0.261 e. The summed E-state index contributed by atoms with van der Waals surface area (Å²) in [4.78, 5) is 12.0. The Balaban J connectivity index is 1.58. The van der Waals surface area contributed by atoms with Crippen LogP contribution in [-0.4, -0.2) is 20.9 Å². The fourth-order valence-electron chi connectivity index (χ4n) is 2.81. The molecule has 3 rings (SSSR count). The second-order valence-corrected chi connectivity index (χ2v) is 8.58. The minimum absolute atomic E-state index is 0.177. The average molecular weight is 461 g/mol. The Morgan fingerprint density at radius 3 is 2.19 bits per heavy atom. The predicted molar refractivity (Wildman–Crippen MR) is 117 cm³/mol. The molecule has 32 heavy (non-hydrogen) atoms. The zero-order chi connectivity index (χ0) is 23.1. The highest BCUT2D eigenvalue weighted by Crippen LogP contribution is 2.19. The van der Waals surface area contributed by atoms with E-state index in [9.17, 15) is 22.0 Å². The van der Waals surface area contributed by atoms with Crippen LogP contribution in [0, 0.1) is 11.6 Å². The fraction of sp³-hybridized carbons (Fsp3) is 0.174. The minimum atomic E-state index is -4.11. The quantitative estimate of drug-likeness (QED) is 0.501. The van der Waals surface area contributed by atoms with Gasteiger partial charge < -0.3 is 10.1 Å². The van der Waals surface area contributed by atoms with E-state index in [4.69, 9.17) is 4.74 Å². The van der Waals surface area contributed by atoms with Crippen molar-refractivity contribution in [2.24, 2.45) is 0 Å². The molecule has 0 atom stereocenters. The van der Waals surface area contributed by atoms with E-state index in [0.717, 1.165) is 23.3 Å². The maximum atomic E-state index is 13.3. The molecule has 0 fully saturated rings. The van der Waals surface area contributed by atoms with Gasteiger partial charge in [0.25, 0.3) is 15.9 Å². The summed E-state index contributed by atoms with van der Waals surface area (Å²) in [5, 5.41) is 2.80. The first-order chi connectivity index (χ1) is 15.3. The van der Waals surface area contributed by atoms with Crippen molar-refractivity contribution in [1.29, 1.82) is 0 Å². The van der Waals surface area contributed by atoms with Crippen molar-refractivity contribution >= 4 is 21.6 Å². The third-order valence-corrected chi connectivity index (χ3v) is 5.93. The Kier molecular flexibility index (Phi) is 7.55. The SMILES string of the molecule is CCOCc1ccc(CNC(=O)c2ccc(NS(=O)(=O)c3ccc(F)c(F)c3)cc2)cc1. The van der Waals surface area contributed by atoms with Gasteiger partial charge in [-0.25, -0.2) is 17.2 Å². The number of hydrogen-bond acceptors (Lipinski definition) is 4. The number of rotatable bonds is 9. The summed E-state index contributed by atoms with van der Waals surface area (Å²) >= 11 is 0. The van der Waals surface area contributed by atoms with Crippen LogP contribution >= 0.6 is 0 Å². The molecule has 0 aromatic heterocycles.